The highest BCUT2D eigenvalue weighted by molar-refractivity contribution is 7.85. The molecule has 0 atom stereocenters. The van der Waals surface area contributed by atoms with Crippen molar-refractivity contribution in [2.24, 2.45) is 4.99 Å². The van der Waals surface area contributed by atoms with Crippen LogP contribution in [0.4, 0.5) is 28.4 Å². The Morgan fingerprint density at radius 1 is 0.523 bits per heavy atom. The van der Waals surface area contributed by atoms with Crippen molar-refractivity contribution in [2.75, 3.05) is 10.6 Å². The van der Waals surface area contributed by atoms with Crippen LogP contribution in [0, 0.1) is 0 Å². The van der Waals surface area contributed by atoms with Crippen LogP contribution in [-0.2, 0) is 10.1 Å². The van der Waals surface area contributed by atoms with Crippen molar-refractivity contribution < 1.29 is 13.0 Å². The molecule has 0 spiro atoms. The number of nitrogens with zero attached hydrogens (tertiary/aromatic N) is 1. The number of anilines is 4. The monoisotopic (exact) mass is 595 g/mol. The molecule has 0 aromatic heterocycles. The Morgan fingerprint density at radius 3 is 1.39 bits per heavy atom. The first-order valence-electron chi connectivity index (χ1n) is 14.0. The van der Waals surface area contributed by atoms with E-state index in [2.05, 4.69) is 64.2 Å². The van der Waals surface area contributed by atoms with Gasteiger partial charge < -0.3 is 10.6 Å². The third-order valence-electron chi connectivity index (χ3n) is 7.02. The lowest BCUT2D eigenvalue weighted by Gasteiger charge is -2.16. The SMILES string of the molecule is O=S(=O)(O)c1ccc(N=C2C=CC(=C(c3ccc(Nc4ccccc4)cc3)c3ccc(Nc4ccccc4)cc3)C=C2)cc1. The molecular formula is C37H29N3O3S. The minimum atomic E-state index is -4.25. The Labute approximate surface area is 257 Å². The fraction of sp³-hybridized carbons (Fsp3) is 0. The summed E-state index contributed by atoms with van der Waals surface area (Å²) < 4.78 is 31.9. The smallest absolute Gasteiger partial charge is 0.294 e. The van der Waals surface area contributed by atoms with E-state index in [1.54, 1.807) is 12.1 Å². The lowest BCUT2D eigenvalue weighted by molar-refractivity contribution is 0.483. The fourth-order valence-electron chi connectivity index (χ4n) is 4.86. The highest BCUT2D eigenvalue weighted by Crippen LogP contribution is 2.32. The average Bonchev–Trinajstić information content (AvgIpc) is 3.04. The van der Waals surface area contributed by atoms with Gasteiger partial charge in [-0.25, -0.2) is 4.99 Å². The molecular weight excluding hydrogens is 566 g/mol. The summed E-state index contributed by atoms with van der Waals surface area (Å²) in [7, 11) is -4.25. The van der Waals surface area contributed by atoms with E-state index >= 15 is 0 Å². The number of benzene rings is 5. The average molecular weight is 596 g/mol. The molecule has 44 heavy (non-hydrogen) atoms. The summed E-state index contributed by atoms with van der Waals surface area (Å²) in [6.45, 7) is 0. The predicted molar refractivity (Wildman–Crippen MR) is 180 cm³/mol. The summed E-state index contributed by atoms with van der Waals surface area (Å²) in [6.07, 6.45) is 7.94. The molecule has 5 aromatic carbocycles. The van der Waals surface area contributed by atoms with Gasteiger partial charge in [-0.2, -0.15) is 8.42 Å². The van der Waals surface area contributed by atoms with Crippen molar-refractivity contribution in [2.45, 2.75) is 4.90 Å². The van der Waals surface area contributed by atoms with Crippen LogP contribution in [0.25, 0.3) is 5.57 Å². The van der Waals surface area contributed by atoms with Crippen LogP contribution >= 0.6 is 0 Å². The lowest BCUT2D eigenvalue weighted by atomic mass is 9.90. The summed E-state index contributed by atoms with van der Waals surface area (Å²) in [6, 6.07) is 42.7. The zero-order valence-electron chi connectivity index (χ0n) is 23.6. The van der Waals surface area contributed by atoms with Gasteiger partial charge in [0.15, 0.2) is 0 Å². The van der Waals surface area contributed by atoms with Gasteiger partial charge in [0.25, 0.3) is 10.1 Å². The molecule has 6 rings (SSSR count). The zero-order valence-corrected chi connectivity index (χ0v) is 24.4. The number of aliphatic imine (C=N–C) groups is 1. The second kappa shape index (κ2) is 12.8. The molecule has 0 fully saturated rings. The van der Waals surface area contributed by atoms with Gasteiger partial charge in [-0.3, -0.25) is 4.55 Å². The molecule has 5 aromatic rings. The molecule has 216 valence electrons. The third-order valence-corrected chi connectivity index (χ3v) is 7.89. The number of nitrogens with one attached hydrogen (secondary N) is 2. The maximum Gasteiger partial charge on any atom is 0.294 e. The van der Waals surface area contributed by atoms with E-state index in [1.165, 1.54) is 12.1 Å². The second-order valence-electron chi connectivity index (χ2n) is 10.1. The Balaban J connectivity index is 1.31. The molecule has 0 saturated carbocycles. The molecule has 1 aliphatic rings. The second-order valence-corrected chi connectivity index (χ2v) is 11.6. The van der Waals surface area contributed by atoms with Gasteiger partial charge >= 0.3 is 0 Å². The normalized spacial score (nSPS) is 12.6. The Kier molecular flexibility index (Phi) is 8.32. The van der Waals surface area contributed by atoms with Gasteiger partial charge in [0.2, 0.25) is 0 Å². The van der Waals surface area contributed by atoms with Gasteiger partial charge in [0.05, 0.1) is 16.3 Å². The van der Waals surface area contributed by atoms with Gasteiger partial charge in [0, 0.05) is 22.7 Å². The van der Waals surface area contributed by atoms with Crippen LogP contribution < -0.4 is 10.6 Å². The van der Waals surface area contributed by atoms with Crippen LogP contribution in [-0.4, -0.2) is 18.7 Å². The molecule has 0 bridgehead atoms. The minimum absolute atomic E-state index is 0.166. The maximum atomic E-state index is 11.4. The minimum Gasteiger partial charge on any atom is -0.356 e. The number of rotatable bonds is 8. The van der Waals surface area contributed by atoms with Crippen molar-refractivity contribution >= 4 is 49.8 Å². The van der Waals surface area contributed by atoms with Crippen LogP contribution in [0.1, 0.15) is 11.1 Å². The molecule has 7 heteroatoms. The first-order chi connectivity index (χ1) is 21.4. The van der Waals surface area contributed by atoms with Crippen LogP contribution in [0.3, 0.4) is 0 Å². The summed E-state index contributed by atoms with van der Waals surface area (Å²) in [5.41, 5.74) is 9.58. The number of hydrogen-bond donors (Lipinski definition) is 3. The molecule has 3 N–H and O–H groups in total. The van der Waals surface area contributed by atoms with Crippen molar-refractivity contribution in [1.82, 2.24) is 0 Å². The van der Waals surface area contributed by atoms with Crippen molar-refractivity contribution in [3.05, 3.63) is 174 Å². The Bertz CT molecular complexity index is 1870. The summed E-state index contributed by atoms with van der Waals surface area (Å²) in [5.74, 6) is 0. The van der Waals surface area contributed by atoms with Crippen molar-refractivity contribution in [1.29, 1.82) is 0 Å². The highest BCUT2D eigenvalue weighted by Gasteiger charge is 2.13. The number of para-hydroxylation sites is 2. The van der Waals surface area contributed by atoms with E-state index < -0.39 is 10.1 Å². The predicted octanol–water partition coefficient (Wildman–Crippen LogP) is 9.12. The first-order valence-corrected chi connectivity index (χ1v) is 15.5. The largest absolute Gasteiger partial charge is 0.356 e. The summed E-state index contributed by atoms with van der Waals surface area (Å²) >= 11 is 0. The van der Waals surface area contributed by atoms with Crippen LogP contribution in [0.5, 0.6) is 0 Å². The molecule has 0 radical (unpaired) electrons. The van der Waals surface area contributed by atoms with Gasteiger partial charge in [-0.05, 0) is 107 Å². The number of hydrogen-bond acceptors (Lipinski definition) is 5. The van der Waals surface area contributed by atoms with Gasteiger partial charge in [0.1, 0.15) is 0 Å². The Hall–Kier alpha value is -5.50. The zero-order chi connectivity index (χ0) is 30.4. The molecule has 0 saturated heterocycles. The van der Waals surface area contributed by atoms with E-state index in [0.29, 0.717) is 5.69 Å². The quantitative estimate of drug-likeness (QED) is 0.156. The molecule has 0 heterocycles. The van der Waals surface area contributed by atoms with E-state index in [9.17, 15) is 13.0 Å². The summed E-state index contributed by atoms with van der Waals surface area (Å²) in [5, 5.41) is 6.89. The topological polar surface area (TPSA) is 90.8 Å². The van der Waals surface area contributed by atoms with Crippen LogP contribution in [0.2, 0.25) is 0 Å². The molecule has 0 unspecified atom stereocenters. The van der Waals surface area contributed by atoms with E-state index in [1.807, 2.05) is 85.0 Å². The van der Waals surface area contributed by atoms with Crippen molar-refractivity contribution in [3.8, 4) is 0 Å². The van der Waals surface area contributed by atoms with Crippen molar-refractivity contribution in [3.63, 3.8) is 0 Å². The number of allylic oxidation sites excluding steroid dienone is 5. The molecule has 1 aliphatic carbocycles. The van der Waals surface area contributed by atoms with E-state index in [4.69, 9.17) is 0 Å². The standard InChI is InChI=1S/C37H29N3O3S/c41-44(42,43)36-25-23-35(24-26-36)40-34-21-15-29(16-22-34)37(27-11-17-32(18-12-27)38-30-7-3-1-4-8-30)28-13-19-33(20-14-28)39-31-9-5-2-6-10-31/h1-26,38-39H,(H,41,42,43). The van der Waals surface area contributed by atoms with Gasteiger partial charge in [-0.15, -0.1) is 0 Å². The summed E-state index contributed by atoms with van der Waals surface area (Å²) in [4.78, 5) is 4.45. The molecule has 0 amide bonds. The third kappa shape index (κ3) is 7.10. The van der Waals surface area contributed by atoms with E-state index in [0.717, 1.165) is 50.7 Å². The first kappa shape index (κ1) is 28.6. The Morgan fingerprint density at radius 2 is 0.955 bits per heavy atom. The fourth-order valence-corrected chi connectivity index (χ4v) is 5.34. The molecule has 0 aliphatic heterocycles. The lowest BCUT2D eigenvalue weighted by Crippen LogP contribution is -1.99. The van der Waals surface area contributed by atoms with Gasteiger partial charge in [-0.1, -0.05) is 72.8 Å². The highest BCUT2D eigenvalue weighted by atomic mass is 32.2. The molecule has 6 nitrogen and oxygen atoms in total. The maximum absolute atomic E-state index is 11.4. The van der Waals surface area contributed by atoms with E-state index in [-0.39, 0.29) is 4.90 Å². The van der Waals surface area contributed by atoms with Crippen LogP contribution in [0.15, 0.2) is 173 Å².